The number of hydrogen-bond donors (Lipinski definition) is 0. The van der Waals surface area contributed by atoms with Crippen LogP contribution in [0.15, 0.2) is 54.6 Å². The van der Waals surface area contributed by atoms with Gasteiger partial charge in [-0.15, -0.1) is 0 Å². The zero-order valence-corrected chi connectivity index (χ0v) is 17.2. The van der Waals surface area contributed by atoms with Crippen molar-refractivity contribution in [1.29, 1.82) is 0 Å². The highest BCUT2D eigenvalue weighted by Crippen LogP contribution is 2.29. The topological polar surface area (TPSA) is 35.5 Å². The molecule has 2 aliphatic rings. The van der Waals surface area contributed by atoms with Crippen LogP contribution in [0, 0.1) is 0 Å². The molecule has 5 nitrogen and oxygen atoms in total. The van der Waals surface area contributed by atoms with Gasteiger partial charge in [0.15, 0.2) is 5.82 Å². The largest absolute Gasteiger partial charge is 0.353 e. The molecule has 150 valence electrons. The summed E-state index contributed by atoms with van der Waals surface area (Å²) in [5.41, 5.74) is 2.09. The second kappa shape index (κ2) is 8.09. The van der Waals surface area contributed by atoms with Gasteiger partial charge in [-0.2, -0.15) is 0 Å². The molecule has 29 heavy (non-hydrogen) atoms. The minimum atomic E-state index is 0.706. The van der Waals surface area contributed by atoms with E-state index in [4.69, 9.17) is 9.97 Å². The lowest BCUT2D eigenvalue weighted by molar-refractivity contribution is 0.106. The third kappa shape index (κ3) is 3.85. The van der Waals surface area contributed by atoms with E-state index in [0.717, 1.165) is 54.3 Å². The van der Waals surface area contributed by atoms with Gasteiger partial charge in [-0.05, 0) is 38.6 Å². The number of benzene rings is 2. The average Bonchev–Trinajstić information content (AvgIpc) is 2.79. The second-order valence-corrected chi connectivity index (χ2v) is 8.34. The third-order valence-corrected chi connectivity index (χ3v) is 6.34. The first kappa shape index (κ1) is 18.5. The van der Waals surface area contributed by atoms with Crippen LogP contribution in [0.5, 0.6) is 0 Å². The van der Waals surface area contributed by atoms with Crippen molar-refractivity contribution in [3.8, 4) is 11.4 Å². The van der Waals surface area contributed by atoms with Gasteiger partial charge in [-0.1, -0.05) is 42.5 Å². The molecule has 0 saturated carbocycles. The summed E-state index contributed by atoms with van der Waals surface area (Å²) in [6.07, 6.45) is 2.65. The number of hydrogen-bond acceptors (Lipinski definition) is 5. The predicted molar refractivity (Wildman–Crippen MR) is 119 cm³/mol. The minimum Gasteiger partial charge on any atom is -0.353 e. The van der Waals surface area contributed by atoms with Gasteiger partial charge in [0.05, 0.1) is 5.52 Å². The smallest absolute Gasteiger partial charge is 0.162 e. The standard InChI is InChI=1S/C24H29N5/c1-27-13-7-10-20(18-27)28-14-16-29(17-15-28)24-21-11-5-6-12-22(21)25-23(26-24)19-8-3-2-4-9-19/h2-6,8-9,11-12,20H,7,10,13-18H2,1H3. The Labute approximate surface area is 173 Å². The molecular formula is C24H29N5. The van der Waals surface area contributed by atoms with Crippen molar-refractivity contribution in [3.05, 3.63) is 54.6 Å². The molecule has 0 spiro atoms. The minimum absolute atomic E-state index is 0.706. The van der Waals surface area contributed by atoms with E-state index < -0.39 is 0 Å². The van der Waals surface area contributed by atoms with Crippen molar-refractivity contribution in [1.82, 2.24) is 19.8 Å². The lowest BCUT2D eigenvalue weighted by atomic mass is 10.0. The average molecular weight is 388 g/mol. The van der Waals surface area contributed by atoms with Gasteiger partial charge in [-0.25, -0.2) is 9.97 Å². The summed E-state index contributed by atoms with van der Waals surface area (Å²) in [5.74, 6) is 1.89. The van der Waals surface area contributed by atoms with E-state index in [1.807, 2.05) is 18.2 Å². The van der Waals surface area contributed by atoms with Gasteiger partial charge in [0.25, 0.3) is 0 Å². The monoisotopic (exact) mass is 387 g/mol. The van der Waals surface area contributed by atoms with Gasteiger partial charge in [0.2, 0.25) is 0 Å². The van der Waals surface area contributed by atoms with Crippen LogP contribution in [0.1, 0.15) is 12.8 Å². The van der Waals surface area contributed by atoms with E-state index in [-0.39, 0.29) is 0 Å². The van der Waals surface area contributed by atoms with E-state index in [1.165, 1.54) is 25.9 Å². The van der Waals surface area contributed by atoms with Crippen LogP contribution in [0.4, 0.5) is 5.82 Å². The van der Waals surface area contributed by atoms with Crippen LogP contribution in [0.2, 0.25) is 0 Å². The molecule has 0 aliphatic carbocycles. The van der Waals surface area contributed by atoms with E-state index in [2.05, 4.69) is 58.1 Å². The first-order valence-corrected chi connectivity index (χ1v) is 10.8. The third-order valence-electron chi connectivity index (χ3n) is 6.34. The van der Waals surface area contributed by atoms with Gasteiger partial charge in [-0.3, -0.25) is 4.90 Å². The molecule has 2 aliphatic heterocycles. The van der Waals surface area contributed by atoms with Crippen LogP contribution >= 0.6 is 0 Å². The van der Waals surface area contributed by atoms with Gasteiger partial charge < -0.3 is 9.80 Å². The summed E-state index contributed by atoms with van der Waals surface area (Å²) in [4.78, 5) is 17.5. The highest BCUT2D eigenvalue weighted by molar-refractivity contribution is 5.91. The highest BCUT2D eigenvalue weighted by Gasteiger charge is 2.28. The summed E-state index contributed by atoms with van der Waals surface area (Å²) >= 11 is 0. The zero-order valence-electron chi connectivity index (χ0n) is 17.2. The highest BCUT2D eigenvalue weighted by atomic mass is 15.3. The van der Waals surface area contributed by atoms with E-state index in [0.29, 0.717) is 6.04 Å². The second-order valence-electron chi connectivity index (χ2n) is 8.34. The molecule has 1 unspecified atom stereocenters. The lowest BCUT2D eigenvalue weighted by Crippen LogP contribution is -2.54. The number of piperidine rings is 1. The number of piperazine rings is 1. The molecule has 2 fully saturated rings. The van der Waals surface area contributed by atoms with Crippen LogP contribution < -0.4 is 4.90 Å². The predicted octanol–water partition coefficient (Wildman–Crippen LogP) is 3.51. The van der Waals surface area contributed by atoms with E-state index in [9.17, 15) is 0 Å². The molecule has 0 amide bonds. The van der Waals surface area contributed by atoms with Gasteiger partial charge in [0, 0.05) is 49.7 Å². The van der Waals surface area contributed by atoms with Crippen molar-refractivity contribution in [2.75, 3.05) is 51.2 Å². The number of para-hydroxylation sites is 1. The van der Waals surface area contributed by atoms with Crippen LogP contribution in [-0.4, -0.2) is 72.1 Å². The van der Waals surface area contributed by atoms with Crippen molar-refractivity contribution >= 4 is 16.7 Å². The Bertz CT molecular complexity index is 965. The number of fused-ring (bicyclic) bond motifs is 1. The number of likely N-dealkylation sites (tertiary alicyclic amines) is 1. The maximum atomic E-state index is 5.03. The molecule has 2 aromatic carbocycles. The molecule has 0 bridgehead atoms. The van der Waals surface area contributed by atoms with E-state index >= 15 is 0 Å². The van der Waals surface area contributed by atoms with Crippen LogP contribution in [-0.2, 0) is 0 Å². The maximum absolute atomic E-state index is 5.03. The number of likely N-dealkylation sites (N-methyl/N-ethyl adjacent to an activating group) is 1. The fourth-order valence-corrected chi connectivity index (χ4v) is 4.75. The Morgan fingerprint density at radius 1 is 0.828 bits per heavy atom. The quantitative estimate of drug-likeness (QED) is 0.687. The van der Waals surface area contributed by atoms with E-state index in [1.54, 1.807) is 0 Å². The fourth-order valence-electron chi connectivity index (χ4n) is 4.75. The normalized spacial score (nSPS) is 21.6. The Balaban J connectivity index is 1.41. The van der Waals surface area contributed by atoms with Crippen molar-refractivity contribution < 1.29 is 0 Å². The summed E-state index contributed by atoms with van der Waals surface area (Å²) in [6.45, 7) is 6.71. The molecule has 0 radical (unpaired) electrons. The van der Waals surface area contributed by atoms with Crippen LogP contribution in [0.3, 0.4) is 0 Å². The number of anilines is 1. The Morgan fingerprint density at radius 2 is 1.59 bits per heavy atom. The van der Waals surface area contributed by atoms with Gasteiger partial charge in [0.1, 0.15) is 5.82 Å². The molecule has 2 saturated heterocycles. The van der Waals surface area contributed by atoms with Crippen molar-refractivity contribution in [2.24, 2.45) is 0 Å². The summed E-state index contributed by atoms with van der Waals surface area (Å²) in [6, 6.07) is 19.4. The lowest BCUT2D eigenvalue weighted by Gasteiger charge is -2.43. The Hall–Kier alpha value is -2.50. The summed E-state index contributed by atoms with van der Waals surface area (Å²) in [7, 11) is 2.25. The molecule has 0 N–H and O–H groups in total. The summed E-state index contributed by atoms with van der Waals surface area (Å²) < 4.78 is 0. The number of aromatic nitrogens is 2. The maximum Gasteiger partial charge on any atom is 0.162 e. The first-order valence-electron chi connectivity index (χ1n) is 10.8. The fraction of sp³-hybridized carbons (Fsp3) is 0.417. The molecule has 5 rings (SSSR count). The number of rotatable bonds is 3. The first-order chi connectivity index (χ1) is 14.3. The zero-order chi connectivity index (χ0) is 19.6. The SMILES string of the molecule is CN1CCCC(N2CCN(c3nc(-c4ccccc4)nc4ccccc34)CC2)C1. The Kier molecular flexibility index (Phi) is 5.17. The molecule has 5 heteroatoms. The molecule has 3 aromatic rings. The van der Waals surface area contributed by atoms with Crippen LogP contribution in [0.25, 0.3) is 22.3 Å². The molecule has 3 heterocycles. The van der Waals surface area contributed by atoms with Crippen molar-refractivity contribution in [2.45, 2.75) is 18.9 Å². The number of nitrogens with zero attached hydrogens (tertiary/aromatic N) is 5. The van der Waals surface area contributed by atoms with Gasteiger partial charge >= 0.3 is 0 Å². The molecule has 1 aromatic heterocycles. The Morgan fingerprint density at radius 3 is 2.38 bits per heavy atom. The molecular weight excluding hydrogens is 358 g/mol. The molecule has 1 atom stereocenters. The van der Waals surface area contributed by atoms with Crippen molar-refractivity contribution in [3.63, 3.8) is 0 Å². The summed E-state index contributed by atoms with van der Waals surface area (Å²) in [5, 5.41) is 1.15.